The van der Waals surface area contributed by atoms with Crippen LogP contribution >= 0.6 is 11.3 Å². The van der Waals surface area contributed by atoms with Crippen molar-refractivity contribution in [2.24, 2.45) is 0 Å². The van der Waals surface area contributed by atoms with Gasteiger partial charge in [-0.1, -0.05) is 35.6 Å². The van der Waals surface area contributed by atoms with E-state index in [0.717, 1.165) is 16.0 Å². The summed E-state index contributed by atoms with van der Waals surface area (Å²) in [5.74, 6) is 0.309. The lowest BCUT2D eigenvalue weighted by molar-refractivity contribution is 0.0980. The summed E-state index contributed by atoms with van der Waals surface area (Å²) in [7, 11) is 0. The Labute approximate surface area is 176 Å². The van der Waals surface area contributed by atoms with Gasteiger partial charge >= 0.3 is 0 Å². The smallest absolute Gasteiger partial charge is 0.196 e. The molecule has 1 aliphatic rings. The largest absolute Gasteiger partial charge is 0.494 e. The lowest BCUT2D eigenvalue weighted by atomic mass is 9.82. The number of hydrogen-bond donors (Lipinski definition) is 2. The second-order valence-electron chi connectivity index (χ2n) is 6.86. The zero-order valence-corrected chi connectivity index (χ0v) is 16.9. The number of nitrogens with one attached hydrogen (secondary N) is 1. The van der Waals surface area contributed by atoms with Crippen LogP contribution in [0.4, 0.5) is 16.5 Å². The summed E-state index contributed by atoms with van der Waals surface area (Å²) >= 11 is 1.44. The summed E-state index contributed by atoms with van der Waals surface area (Å²) in [6.45, 7) is 2.52. The summed E-state index contributed by atoms with van der Waals surface area (Å²) < 4.78 is 6.51. The van der Waals surface area contributed by atoms with Gasteiger partial charge in [0, 0.05) is 16.8 Å². The first-order valence-electron chi connectivity index (χ1n) is 9.48. The van der Waals surface area contributed by atoms with Crippen molar-refractivity contribution in [3.63, 3.8) is 0 Å². The van der Waals surface area contributed by atoms with Crippen LogP contribution in [0.25, 0.3) is 10.2 Å². The Kier molecular flexibility index (Phi) is 4.25. The maximum atomic E-state index is 13.2. The molecule has 0 amide bonds. The number of carbonyl (C=O) groups is 2. The number of fused-ring (bicyclic) bond motifs is 3. The fraction of sp³-hybridized carbons (Fsp3) is 0.0870. The minimum atomic E-state index is -0.244. The van der Waals surface area contributed by atoms with Crippen LogP contribution in [0, 0.1) is 0 Å². The van der Waals surface area contributed by atoms with E-state index in [4.69, 9.17) is 10.5 Å². The first kappa shape index (κ1) is 18.3. The van der Waals surface area contributed by atoms with E-state index in [1.165, 1.54) is 11.3 Å². The summed E-state index contributed by atoms with van der Waals surface area (Å²) in [4.78, 5) is 30.8. The van der Waals surface area contributed by atoms with E-state index in [-0.39, 0.29) is 28.4 Å². The fourth-order valence-corrected chi connectivity index (χ4v) is 4.59. The molecule has 1 aliphatic carbocycles. The van der Waals surface area contributed by atoms with Crippen molar-refractivity contribution in [3.8, 4) is 5.75 Å². The number of nitrogen functional groups attached to an aromatic ring is 1. The van der Waals surface area contributed by atoms with Crippen LogP contribution in [0.3, 0.4) is 0 Å². The maximum absolute atomic E-state index is 13.2. The predicted octanol–water partition coefficient (Wildman–Crippen LogP) is 4.80. The number of hydrogen-bond acceptors (Lipinski definition) is 7. The van der Waals surface area contributed by atoms with Crippen LogP contribution < -0.4 is 15.8 Å². The highest BCUT2D eigenvalue weighted by molar-refractivity contribution is 7.22. The molecule has 5 rings (SSSR count). The molecule has 7 heteroatoms. The van der Waals surface area contributed by atoms with Crippen LogP contribution in [-0.4, -0.2) is 23.2 Å². The highest BCUT2D eigenvalue weighted by Gasteiger charge is 2.33. The molecular formula is C23H17N3O3S. The first-order valence-corrected chi connectivity index (χ1v) is 10.3. The number of ketones is 2. The molecule has 0 unspecified atom stereocenters. The third kappa shape index (κ3) is 2.83. The molecule has 0 spiro atoms. The van der Waals surface area contributed by atoms with E-state index in [1.807, 2.05) is 25.1 Å². The Bertz CT molecular complexity index is 1340. The van der Waals surface area contributed by atoms with Crippen LogP contribution in [0.2, 0.25) is 0 Å². The van der Waals surface area contributed by atoms with Gasteiger partial charge in [-0.15, -0.1) is 0 Å². The van der Waals surface area contributed by atoms with Crippen molar-refractivity contribution < 1.29 is 14.3 Å². The third-order valence-corrected chi connectivity index (χ3v) is 5.95. The summed E-state index contributed by atoms with van der Waals surface area (Å²) in [5, 5.41) is 3.84. The molecule has 0 radical (unpaired) electrons. The highest BCUT2D eigenvalue weighted by Crippen LogP contribution is 2.38. The van der Waals surface area contributed by atoms with Crippen molar-refractivity contribution in [2.75, 3.05) is 17.7 Å². The van der Waals surface area contributed by atoms with Gasteiger partial charge < -0.3 is 15.8 Å². The molecule has 0 atom stereocenters. The fourth-order valence-electron chi connectivity index (χ4n) is 3.68. The van der Waals surface area contributed by atoms with Gasteiger partial charge in [-0.25, -0.2) is 4.98 Å². The molecule has 0 bridgehead atoms. The normalized spacial score (nSPS) is 12.6. The molecular weight excluding hydrogens is 398 g/mol. The van der Waals surface area contributed by atoms with Crippen molar-refractivity contribution in [1.29, 1.82) is 0 Å². The van der Waals surface area contributed by atoms with Crippen LogP contribution in [0.5, 0.6) is 5.75 Å². The van der Waals surface area contributed by atoms with Crippen molar-refractivity contribution in [2.45, 2.75) is 6.92 Å². The number of benzene rings is 3. The molecule has 4 aromatic rings. The molecule has 6 nitrogen and oxygen atoms in total. The van der Waals surface area contributed by atoms with E-state index in [0.29, 0.717) is 28.6 Å². The number of ether oxygens (including phenoxy) is 1. The number of nitrogens with zero attached hydrogens (tertiary/aromatic N) is 1. The van der Waals surface area contributed by atoms with Gasteiger partial charge in [0.25, 0.3) is 0 Å². The van der Waals surface area contributed by atoms with Crippen LogP contribution in [0.15, 0.2) is 54.6 Å². The lowest BCUT2D eigenvalue weighted by Gasteiger charge is -2.21. The average Bonchev–Trinajstić information content (AvgIpc) is 3.15. The molecule has 0 fully saturated rings. The predicted molar refractivity (Wildman–Crippen MR) is 118 cm³/mol. The monoisotopic (exact) mass is 415 g/mol. The molecule has 3 N–H and O–H groups in total. The molecule has 0 saturated heterocycles. The van der Waals surface area contributed by atoms with E-state index in [1.54, 1.807) is 36.4 Å². The number of carbonyl (C=O) groups excluding carboxylic acids is 2. The number of aromatic nitrogens is 1. The molecule has 1 aromatic heterocycles. The van der Waals surface area contributed by atoms with Crippen molar-refractivity contribution in [1.82, 2.24) is 4.98 Å². The van der Waals surface area contributed by atoms with Gasteiger partial charge in [0.05, 0.1) is 33.6 Å². The summed E-state index contributed by atoms with van der Waals surface area (Å²) in [6.07, 6.45) is 0. The van der Waals surface area contributed by atoms with Gasteiger partial charge in [0.15, 0.2) is 16.7 Å². The molecule has 1 heterocycles. The Morgan fingerprint density at radius 3 is 2.47 bits per heavy atom. The van der Waals surface area contributed by atoms with Crippen LogP contribution in [-0.2, 0) is 0 Å². The van der Waals surface area contributed by atoms with Gasteiger partial charge in [-0.05, 0) is 37.3 Å². The first-order chi connectivity index (χ1) is 14.6. The van der Waals surface area contributed by atoms with Crippen molar-refractivity contribution >= 4 is 49.6 Å². The van der Waals surface area contributed by atoms with Gasteiger partial charge in [0.2, 0.25) is 0 Å². The zero-order valence-electron chi connectivity index (χ0n) is 16.1. The Hall–Kier alpha value is -3.71. The Morgan fingerprint density at radius 2 is 1.73 bits per heavy atom. The minimum absolute atomic E-state index is 0.227. The molecule has 148 valence electrons. The highest BCUT2D eigenvalue weighted by atomic mass is 32.1. The zero-order chi connectivity index (χ0) is 20.8. The van der Waals surface area contributed by atoms with E-state index >= 15 is 0 Å². The number of rotatable bonds is 4. The van der Waals surface area contributed by atoms with Gasteiger partial charge in [0.1, 0.15) is 5.75 Å². The van der Waals surface area contributed by atoms with E-state index in [2.05, 4.69) is 10.3 Å². The quantitative estimate of drug-likeness (QED) is 0.410. The number of anilines is 3. The van der Waals surface area contributed by atoms with Gasteiger partial charge in [-0.3, -0.25) is 9.59 Å². The summed E-state index contributed by atoms with van der Waals surface area (Å²) in [6, 6.07) is 15.9. The standard InChI is InChI=1S/C23H17N3O3S/c1-2-29-12-7-9-16-18(11-12)30-23(25-16)26-17-10-8-15(24)19-20(17)22(28)14-6-4-3-5-13(14)21(19)27/h3-11H,2,24H2,1H3,(H,25,26). The molecule has 3 aromatic carbocycles. The Morgan fingerprint density at radius 1 is 1.00 bits per heavy atom. The topological polar surface area (TPSA) is 94.3 Å². The number of thiazole rings is 1. The van der Waals surface area contributed by atoms with Crippen molar-refractivity contribution in [3.05, 3.63) is 76.9 Å². The van der Waals surface area contributed by atoms with Crippen LogP contribution in [0.1, 0.15) is 38.8 Å². The average molecular weight is 415 g/mol. The van der Waals surface area contributed by atoms with Gasteiger partial charge in [-0.2, -0.15) is 0 Å². The molecule has 30 heavy (non-hydrogen) atoms. The lowest BCUT2D eigenvalue weighted by Crippen LogP contribution is -2.23. The van der Waals surface area contributed by atoms with E-state index < -0.39 is 0 Å². The minimum Gasteiger partial charge on any atom is -0.494 e. The SMILES string of the molecule is CCOc1ccc2nc(Nc3ccc(N)c4c3C(=O)c3ccccc3C4=O)sc2c1. The third-order valence-electron chi connectivity index (χ3n) is 5.02. The molecule has 0 aliphatic heterocycles. The number of nitrogens with two attached hydrogens (primary N) is 1. The second kappa shape index (κ2) is 6.96. The van der Waals surface area contributed by atoms with E-state index in [9.17, 15) is 9.59 Å². The second-order valence-corrected chi connectivity index (χ2v) is 7.89. The summed E-state index contributed by atoms with van der Waals surface area (Å²) in [5.41, 5.74) is 9.00. The maximum Gasteiger partial charge on any atom is 0.196 e. The molecule has 0 saturated carbocycles. The Balaban J connectivity index is 1.59.